The van der Waals surface area contributed by atoms with E-state index >= 15 is 0 Å². The highest BCUT2D eigenvalue weighted by atomic mass is 19.3. The highest BCUT2D eigenvalue weighted by molar-refractivity contribution is 6.08. The lowest BCUT2D eigenvalue weighted by Crippen LogP contribution is -2.04. The summed E-state index contributed by atoms with van der Waals surface area (Å²) in [6.45, 7) is -1.09. The summed E-state index contributed by atoms with van der Waals surface area (Å²) in [7, 11) is 1.46. The van der Waals surface area contributed by atoms with Gasteiger partial charge in [-0.3, -0.25) is 19.6 Å². The molecular weight excluding hydrogens is 352 g/mol. The lowest BCUT2D eigenvalue weighted by atomic mass is 10.1. The Balaban J connectivity index is 2.25. The van der Waals surface area contributed by atoms with Crippen molar-refractivity contribution in [1.82, 2.24) is 9.78 Å². The second kappa shape index (κ2) is 8.19. The molecule has 26 heavy (non-hydrogen) atoms. The molecule has 1 aromatic heterocycles. The molecule has 0 aliphatic carbocycles. The number of nitro groups is 1. The number of halogens is 2. The predicted molar refractivity (Wildman–Crippen MR) is 87.5 cm³/mol. The fourth-order valence-electron chi connectivity index (χ4n) is 2.13. The van der Waals surface area contributed by atoms with Gasteiger partial charge in [-0.05, 0) is 30.7 Å². The van der Waals surface area contributed by atoms with E-state index in [0.29, 0.717) is 5.56 Å². The van der Waals surface area contributed by atoms with Crippen LogP contribution in [0.5, 0.6) is 11.5 Å². The van der Waals surface area contributed by atoms with E-state index in [1.165, 1.54) is 36.0 Å². The third kappa shape index (κ3) is 4.62. The molecule has 0 unspecified atom stereocenters. The summed E-state index contributed by atoms with van der Waals surface area (Å²) in [5.74, 6) is -0.708. The van der Waals surface area contributed by atoms with Crippen molar-refractivity contribution in [3.63, 3.8) is 0 Å². The molecule has 0 spiro atoms. The van der Waals surface area contributed by atoms with Crippen molar-refractivity contribution in [2.24, 2.45) is 7.05 Å². The first-order valence-electron chi connectivity index (χ1n) is 7.44. The number of carbonyl (C=O) groups excluding carboxylic acids is 1. The molecule has 0 fully saturated rings. The number of alkyl halides is 2. The van der Waals surface area contributed by atoms with Gasteiger partial charge in [0.05, 0.1) is 11.5 Å². The fourth-order valence-corrected chi connectivity index (χ4v) is 2.13. The number of ether oxygens (including phenoxy) is 2. The minimum absolute atomic E-state index is 0.0891. The van der Waals surface area contributed by atoms with Crippen molar-refractivity contribution in [2.45, 2.75) is 13.5 Å². The third-order valence-corrected chi connectivity index (χ3v) is 3.15. The second-order valence-electron chi connectivity index (χ2n) is 5.01. The van der Waals surface area contributed by atoms with Gasteiger partial charge in [0.25, 0.3) is 0 Å². The monoisotopic (exact) mass is 367 g/mol. The van der Waals surface area contributed by atoms with Crippen LogP contribution in [-0.2, 0) is 7.05 Å². The van der Waals surface area contributed by atoms with Crippen LogP contribution in [0, 0.1) is 10.1 Å². The van der Waals surface area contributed by atoms with Gasteiger partial charge in [0.15, 0.2) is 11.5 Å². The van der Waals surface area contributed by atoms with Crippen LogP contribution >= 0.6 is 0 Å². The number of hydrogen-bond donors (Lipinski definition) is 0. The van der Waals surface area contributed by atoms with Gasteiger partial charge in [0, 0.05) is 7.05 Å². The number of ketones is 1. The molecule has 0 N–H and O–H groups in total. The molecule has 1 aromatic carbocycles. The molecule has 0 saturated carbocycles. The SMILES string of the molecule is CCOc1cc(/C=C/C(=O)c2nn(C)cc2[N+](=O)[O-])ccc1OC(F)F. The van der Waals surface area contributed by atoms with Crippen LogP contribution in [-0.4, -0.2) is 33.7 Å². The first-order valence-corrected chi connectivity index (χ1v) is 7.44. The smallest absolute Gasteiger partial charge is 0.387 e. The minimum atomic E-state index is -3.00. The Labute approximate surface area is 146 Å². The topological polar surface area (TPSA) is 96.5 Å². The highest BCUT2D eigenvalue weighted by Gasteiger charge is 2.23. The molecule has 0 amide bonds. The fraction of sp³-hybridized carbons (Fsp3) is 0.250. The lowest BCUT2D eigenvalue weighted by Gasteiger charge is -2.11. The molecule has 0 bridgehead atoms. The van der Waals surface area contributed by atoms with E-state index in [0.717, 1.165) is 12.3 Å². The van der Waals surface area contributed by atoms with E-state index in [1.54, 1.807) is 6.92 Å². The largest absolute Gasteiger partial charge is 0.490 e. The van der Waals surface area contributed by atoms with Crippen LogP contribution in [0.4, 0.5) is 14.5 Å². The lowest BCUT2D eigenvalue weighted by molar-refractivity contribution is -0.385. The van der Waals surface area contributed by atoms with Crippen LogP contribution in [0.15, 0.2) is 30.5 Å². The molecule has 138 valence electrons. The maximum Gasteiger partial charge on any atom is 0.387 e. The first kappa shape index (κ1) is 19.0. The van der Waals surface area contributed by atoms with Gasteiger partial charge in [-0.15, -0.1) is 0 Å². The Hall–Kier alpha value is -3.30. The Bertz CT molecular complexity index is 848. The van der Waals surface area contributed by atoms with Crippen LogP contribution in [0.1, 0.15) is 23.0 Å². The average molecular weight is 367 g/mol. The average Bonchev–Trinajstić information content (AvgIpc) is 2.97. The van der Waals surface area contributed by atoms with E-state index in [2.05, 4.69) is 9.84 Å². The number of rotatable bonds is 8. The number of aryl methyl sites for hydroxylation is 1. The molecule has 10 heteroatoms. The second-order valence-corrected chi connectivity index (χ2v) is 5.01. The summed E-state index contributed by atoms with van der Waals surface area (Å²) in [6, 6.07) is 4.14. The Morgan fingerprint density at radius 2 is 2.15 bits per heavy atom. The third-order valence-electron chi connectivity index (χ3n) is 3.15. The molecule has 8 nitrogen and oxygen atoms in total. The maximum absolute atomic E-state index is 12.4. The van der Waals surface area contributed by atoms with Crippen molar-refractivity contribution < 1.29 is 28.0 Å². The number of allylic oxidation sites excluding steroid dienone is 1. The zero-order valence-electron chi connectivity index (χ0n) is 13.9. The number of carbonyl (C=O) groups is 1. The van der Waals surface area contributed by atoms with E-state index < -0.39 is 23.0 Å². The minimum Gasteiger partial charge on any atom is -0.490 e. The van der Waals surface area contributed by atoms with Crippen molar-refractivity contribution in [1.29, 1.82) is 0 Å². The first-order chi connectivity index (χ1) is 12.3. The van der Waals surface area contributed by atoms with Crippen LogP contribution in [0.2, 0.25) is 0 Å². The maximum atomic E-state index is 12.4. The quantitative estimate of drug-likeness (QED) is 0.308. The normalized spacial score (nSPS) is 11.1. The van der Waals surface area contributed by atoms with Crippen molar-refractivity contribution in [3.05, 3.63) is 51.8 Å². The van der Waals surface area contributed by atoms with Gasteiger partial charge < -0.3 is 9.47 Å². The number of hydrogen-bond acceptors (Lipinski definition) is 6. The number of aromatic nitrogens is 2. The van der Waals surface area contributed by atoms with Gasteiger partial charge in [-0.1, -0.05) is 12.1 Å². The molecule has 1 heterocycles. The molecule has 0 radical (unpaired) electrons. The van der Waals surface area contributed by atoms with Gasteiger partial charge >= 0.3 is 12.3 Å². The summed E-state index contributed by atoms with van der Waals surface area (Å²) >= 11 is 0. The molecule has 0 atom stereocenters. The predicted octanol–water partition coefficient (Wildman–Crippen LogP) is 3.22. The summed E-state index contributed by atoms with van der Waals surface area (Å²) in [5, 5.41) is 14.7. The van der Waals surface area contributed by atoms with Crippen molar-refractivity contribution in [3.8, 4) is 11.5 Å². The van der Waals surface area contributed by atoms with Crippen LogP contribution in [0.3, 0.4) is 0 Å². The Morgan fingerprint density at radius 3 is 2.77 bits per heavy atom. The van der Waals surface area contributed by atoms with E-state index in [-0.39, 0.29) is 23.8 Å². The Morgan fingerprint density at radius 1 is 1.42 bits per heavy atom. The highest BCUT2D eigenvalue weighted by Crippen LogP contribution is 2.30. The molecule has 0 aliphatic heterocycles. The summed E-state index contributed by atoms with van der Waals surface area (Å²) in [6.07, 6.45) is 3.61. The number of benzene rings is 1. The van der Waals surface area contributed by atoms with Crippen molar-refractivity contribution in [2.75, 3.05) is 6.61 Å². The molecule has 0 aliphatic rings. The van der Waals surface area contributed by atoms with Crippen LogP contribution in [0.25, 0.3) is 6.08 Å². The zero-order chi connectivity index (χ0) is 19.3. The number of nitrogens with zero attached hydrogens (tertiary/aromatic N) is 3. The van der Waals surface area contributed by atoms with Gasteiger partial charge in [0.1, 0.15) is 6.20 Å². The molecule has 0 saturated heterocycles. The van der Waals surface area contributed by atoms with Crippen LogP contribution < -0.4 is 9.47 Å². The van der Waals surface area contributed by atoms with E-state index in [9.17, 15) is 23.7 Å². The Kier molecular flexibility index (Phi) is 5.99. The summed E-state index contributed by atoms with van der Waals surface area (Å²) < 4.78 is 35.5. The summed E-state index contributed by atoms with van der Waals surface area (Å²) in [5.41, 5.74) is -0.240. The standard InChI is InChI=1S/C16H15F2N3O5/c1-3-25-14-8-10(5-7-13(14)26-16(17)18)4-6-12(22)15-11(21(23)24)9-20(2)19-15/h4-9,16H,3H2,1-2H3/b6-4+. The molecule has 2 aromatic rings. The van der Waals surface area contributed by atoms with E-state index in [4.69, 9.17) is 4.74 Å². The van der Waals surface area contributed by atoms with Gasteiger partial charge in [0.2, 0.25) is 11.5 Å². The summed E-state index contributed by atoms with van der Waals surface area (Å²) in [4.78, 5) is 22.4. The van der Waals surface area contributed by atoms with Gasteiger partial charge in [-0.25, -0.2) is 0 Å². The molecular formula is C16H15F2N3O5. The van der Waals surface area contributed by atoms with Crippen molar-refractivity contribution >= 4 is 17.5 Å². The van der Waals surface area contributed by atoms with E-state index in [1.807, 2.05) is 0 Å². The zero-order valence-corrected chi connectivity index (χ0v) is 13.9. The molecule has 2 rings (SSSR count). The van der Waals surface area contributed by atoms with Gasteiger partial charge in [-0.2, -0.15) is 13.9 Å².